The van der Waals surface area contributed by atoms with Crippen LogP contribution in [0, 0.1) is 0 Å². The lowest BCUT2D eigenvalue weighted by Gasteiger charge is -2.22. The van der Waals surface area contributed by atoms with Crippen LogP contribution in [-0.2, 0) is 9.47 Å². The van der Waals surface area contributed by atoms with E-state index >= 15 is 0 Å². The SMILES string of the molecule is CCN(CC)C(N)=NCCCOC1CCOCC1. The molecule has 2 N–H and O–H groups in total. The lowest BCUT2D eigenvalue weighted by atomic mass is 10.1. The number of aliphatic imine (C=N–C) groups is 1. The van der Waals surface area contributed by atoms with Gasteiger partial charge in [0.2, 0.25) is 0 Å². The first-order chi connectivity index (χ1) is 8.77. The Labute approximate surface area is 110 Å². The summed E-state index contributed by atoms with van der Waals surface area (Å²) in [5.41, 5.74) is 5.88. The summed E-state index contributed by atoms with van der Waals surface area (Å²) in [7, 11) is 0. The van der Waals surface area contributed by atoms with Crippen LogP contribution < -0.4 is 5.73 Å². The van der Waals surface area contributed by atoms with Crippen molar-refractivity contribution in [3.8, 4) is 0 Å². The quantitative estimate of drug-likeness (QED) is 0.423. The van der Waals surface area contributed by atoms with Gasteiger partial charge in [0.05, 0.1) is 6.10 Å². The molecule has 18 heavy (non-hydrogen) atoms. The second kappa shape index (κ2) is 9.16. The minimum atomic E-state index is 0.378. The van der Waals surface area contributed by atoms with Crippen molar-refractivity contribution in [3.63, 3.8) is 0 Å². The number of hydrogen-bond donors (Lipinski definition) is 1. The molecular weight excluding hydrogens is 230 g/mol. The van der Waals surface area contributed by atoms with Crippen LogP contribution in [0.2, 0.25) is 0 Å². The van der Waals surface area contributed by atoms with E-state index in [1.807, 2.05) is 0 Å². The fraction of sp³-hybridized carbons (Fsp3) is 0.923. The molecule has 1 saturated heterocycles. The molecular formula is C13H27N3O2. The van der Waals surface area contributed by atoms with Crippen LogP contribution >= 0.6 is 0 Å². The van der Waals surface area contributed by atoms with Crippen molar-refractivity contribution in [2.24, 2.45) is 10.7 Å². The highest BCUT2D eigenvalue weighted by Gasteiger charge is 2.13. The fourth-order valence-corrected chi connectivity index (χ4v) is 2.00. The molecule has 0 radical (unpaired) electrons. The number of ether oxygens (including phenoxy) is 2. The molecule has 5 nitrogen and oxygen atoms in total. The Kier molecular flexibility index (Phi) is 7.76. The Morgan fingerprint density at radius 1 is 1.33 bits per heavy atom. The van der Waals surface area contributed by atoms with Gasteiger partial charge in [0.15, 0.2) is 5.96 Å². The van der Waals surface area contributed by atoms with Crippen LogP contribution in [0.1, 0.15) is 33.1 Å². The molecule has 0 aromatic rings. The van der Waals surface area contributed by atoms with E-state index in [1.54, 1.807) is 0 Å². The largest absolute Gasteiger partial charge is 0.381 e. The van der Waals surface area contributed by atoms with E-state index in [0.717, 1.165) is 58.7 Å². The predicted octanol–water partition coefficient (Wildman–Crippen LogP) is 1.23. The van der Waals surface area contributed by atoms with E-state index in [1.165, 1.54) is 0 Å². The van der Waals surface area contributed by atoms with Gasteiger partial charge in [-0.2, -0.15) is 0 Å². The minimum absolute atomic E-state index is 0.378. The van der Waals surface area contributed by atoms with Gasteiger partial charge in [-0.3, -0.25) is 4.99 Å². The van der Waals surface area contributed by atoms with Crippen LogP contribution in [0.3, 0.4) is 0 Å². The second-order valence-electron chi connectivity index (χ2n) is 4.45. The molecule has 0 unspecified atom stereocenters. The summed E-state index contributed by atoms with van der Waals surface area (Å²) in [5, 5.41) is 0. The molecule has 1 heterocycles. The Morgan fingerprint density at radius 3 is 2.61 bits per heavy atom. The molecule has 0 bridgehead atoms. The van der Waals surface area contributed by atoms with Gasteiger partial charge in [0, 0.05) is 39.5 Å². The number of hydrogen-bond acceptors (Lipinski definition) is 3. The monoisotopic (exact) mass is 257 g/mol. The summed E-state index contributed by atoms with van der Waals surface area (Å²) in [5.74, 6) is 0.645. The molecule has 0 saturated carbocycles. The van der Waals surface area contributed by atoms with Gasteiger partial charge >= 0.3 is 0 Å². The van der Waals surface area contributed by atoms with Crippen molar-refractivity contribution in [2.45, 2.75) is 39.2 Å². The zero-order valence-electron chi connectivity index (χ0n) is 11.7. The Hall–Kier alpha value is -0.810. The summed E-state index contributed by atoms with van der Waals surface area (Å²) in [6.45, 7) is 9.15. The van der Waals surface area contributed by atoms with Crippen molar-refractivity contribution in [1.82, 2.24) is 4.90 Å². The molecule has 1 aliphatic heterocycles. The van der Waals surface area contributed by atoms with Crippen LogP contribution in [0.15, 0.2) is 4.99 Å². The van der Waals surface area contributed by atoms with Crippen molar-refractivity contribution in [2.75, 3.05) is 39.5 Å². The Morgan fingerprint density at radius 2 is 2.00 bits per heavy atom. The van der Waals surface area contributed by atoms with E-state index in [4.69, 9.17) is 15.2 Å². The van der Waals surface area contributed by atoms with E-state index in [2.05, 4.69) is 23.7 Å². The number of nitrogens with two attached hydrogens (primary N) is 1. The molecule has 1 aliphatic rings. The molecule has 0 aromatic carbocycles. The second-order valence-corrected chi connectivity index (χ2v) is 4.45. The van der Waals surface area contributed by atoms with Crippen molar-refractivity contribution < 1.29 is 9.47 Å². The Bertz CT molecular complexity index is 236. The minimum Gasteiger partial charge on any atom is -0.381 e. The van der Waals surface area contributed by atoms with Crippen molar-refractivity contribution in [3.05, 3.63) is 0 Å². The van der Waals surface area contributed by atoms with Gasteiger partial charge in [-0.15, -0.1) is 0 Å². The summed E-state index contributed by atoms with van der Waals surface area (Å²) in [4.78, 5) is 6.42. The normalized spacial score (nSPS) is 18.0. The molecule has 5 heteroatoms. The van der Waals surface area contributed by atoms with Crippen LogP contribution in [-0.4, -0.2) is 56.4 Å². The average Bonchev–Trinajstić information content (AvgIpc) is 2.41. The van der Waals surface area contributed by atoms with Gasteiger partial charge in [0.25, 0.3) is 0 Å². The smallest absolute Gasteiger partial charge is 0.191 e. The first-order valence-corrected chi connectivity index (χ1v) is 7.02. The van der Waals surface area contributed by atoms with Crippen molar-refractivity contribution >= 4 is 5.96 Å². The highest BCUT2D eigenvalue weighted by atomic mass is 16.5. The maximum absolute atomic E-state index is 5.88. The summed E-state index contributed by atoms with van der Waals surface area (Å²) >= 11 is 0. The van der Waals surface area contributed by atoms with E-state index in [-0.39, 0.29) is 0 Å². The summed E-state index contributed by atoms with van der Waals surface area (Å²) < 4.78 is 11.1. The van der Waals surface area contributed by atoms with Crippen LogP contribution in [0.4, 0.5) is 0 Å². The zero-order chi connectivity index (χ0) is 13.2. The summed E-state index contributed by atoms with van der Waals surface area (Å²) in [6, 6.07) is 0. The first kappa shape index (κ1) is 15.2. The topological polar surface area (TPSA) is 60.1 Å². The maximum atomic E-state index is 5.88. The van der Waals surface area contributed by atoms with Gasteiger partial charge < -0.3 is 20.1 Å². The third-order valence-electron chi connectivity index (χ3n) is 3.19. The molecule has 0 aliphatic carbocycles. The zero-order valence-corrected chi connectivity index (χ0v) is 11.7. The third kappa shape index (κ3) is 5.69. The highest BCUT2D eigenvalue weighted by Crippen LogP contribution is 2.10. The van der Waals surface area contributed by atoms with Gasteiger partial charge in [-0.05, 0) is 33.1 Å². The Balaban J connectivity index is 2.08. The third-order valence-corrected chi connectivity index (χ3v) is 3.19. The molecule has 0 aromatic heterocycles. The number of rotatable bonds is 7. The molecule has 0 spiro atoms. The van der Waals surface area contributed by atoms with Crippen LogP contribution in [0.5, 0.6) is 0 Å². The van der Waals surface area contributed by atoms with E-state index in [0.29, 0.717) is 12.1 Å². The first-order valence-electron chi connectivity index (χ1n) is 7.02. The lowest BCUT2D eigenvalue weighted by molar-refractivity contribution is -0.0318. The molecule has 1 fully saturated rings. The molecule has 106 valence electrons. The predicted molar refractivity (Wildman–Crippen MR) is 73.8 cm³/mol. The number of nitrogens with zero attached hydrogens (tertiary/aromatic N) is 2. The van der Waals surface area contributed by atoms with Crippen molar-refractivity contribution in [1.29, 1.82) is 0 Å². The summed E-state index contributed by atoms with van der Waals surface area (Å²) in [6.07, 6.45) is 3.34. The molecule has 0 amide bonds. The van der Waals surface area contributed by atoms with Gasteiger partial charge in [0.1, 0.15) is 0 Å². The maximum Gasteiger partial charge on any atom is 0.191 e. The molecule has 0 atom stereocenters. The fourth-order valence-electron chi connectivity index (χ4n) is 2.00. The van der Waals surface area contributed by atoms with Crippen LogP contribution in [0.25, 0.3) is 0 Å². The van der Waals surface area contributed by atoms with Gasteiger partial charge in [-0.25, -0.2) is 0 Å². The standard InChI is InChI=1S/C13H27N3O2/c1-3-16(4-2)13(14)15-8-5-9-18-12-6-10-17-11-7-12/h12H,3-11H2,1-2H3,(H2,14,15). The van der Waals surface area contributed by atoms with Gasteiger partial charge in [-0.1, -0.05) is 0 Å². The molecule has 1 rings (SSSR count). The number of guanidine groups is 1. The van der Waals surface area contributed by atoms with E-state index in [9.17, 15) is 0 Å². The highest BCUT2D eigenvalue weighted by molar-refractivity contribution is 5.77. The van der Waals surface area contributed by atoms with E-state index < -0.39 is 0 Å². The average molecular weight is 257 g/mol. The lowest BCUT2D eigenvalue weighted by Crippen LogP contribution is -2.37.